The number of phenols is 2. The smallest absolute Gasteiger partial charge is 0.251 e. The Kier molecular flexibility index (Phi) is 3.52. The van der Waals surface area contributed by atoms with E-state index in [1.165, 1.54) is 24.6 Å². The molecule has 0 aromatic heterocycles. The number of aromatic hydroxyl groups is 2. The van der Waals surface area contributed by atoms with E-state index in [-0.39, 0.29) is 23.4 Å². The third-order valence-electron chi connectivity index (χ3n) is 3.18. The minimum absolute atomic E-state index is 0.188. The van der Waals surface area contributed by atoms with E-state index in [0.29, 0.717) is 5.56 Å². The molecule has 3 N–H and O–H groups in total. The van der Waals surface area contributed by atoms with E-state index in [9.17, 15) is 9.90 Å². The Bertz CT molecular complexity index is 411. The molecule has 0 aliphatic heterocycles. The van der Waals surface area contributed by atoms with Gasteiger partial charge in [-0.25, -0.2) is 0 Å². The minimum Gasteiger partial charge on any atom is -0.504 e. The molecule has 0 saturated heterocycles. The zero-order chi connectivity index (χ0) is 12.3. The van der Waals surface area contributed by atoms with Gasteiger partial charge in [0.05, 0.1) is 0 Å². The highest BCUT2D eigenvalue weighted by Crippen LogP contribution is 2.25. The summed E-state index contributed by atoms with van der Waals surface area (Å²) in [5.74, 6) is -0.660. The largest absolute Gasteiger partial charge is 0.504 e. The zero-order valence-electron chi connectivity index (χ0n) is 9.65. The molecule has 0 spiro atoms. The van der Waals surface area contributed by atoms with Crippen molar-refractivity contribution in [2.75, 3.05) is 0 Å². The van der Waals surface area contributed by atoms with E-state index in [0.717, 1.165) is 25.7 Å². The molecule has 0 radical (unpaired) electrons. The molecule has 0 atom stereocenters. The van der Waals surface area contributed by atoms with E-state index < -0.39 is 0 Å². The quantitative estimate of drug-likeness (QED) is 0.688. The fraction of sp³-hybridized carbons (Fsp3) is 0.462. The molecule has 4 nitrogen and oxygen atoms in total. The van der Waals surface area contributed by atoms with Crippen molar-refractivity contribution < 1.29 is 15.0 Å². The molecule has 2 rings (SSSR count). The van der Waals surface area contributed by atoms with Crippen LogP contribution in [0, 0.1) is 0 Å². The van der Waals surface area contributed by atoms with Gasteiger partial charge >= 0.3 is 0 Å². The molecule has 1 aromatic carbocycles. The number of amides is 1. The van der Waals surface area contributed by atoms with Crippen molar-refractivity contribution in [2.45, 2.75) is 38.1 Å². The van der Waals surface area contributed by atoms with E-state index in [1.54, 1.807) is 0 Å². The highest BCUT2D eigenvalue weighted by Gasteiger charge is 2.17. The molecule has 1 fully saturated rings. The molecule has 0 heterocycles. The predicted octanol–water partition coefficient (Wildman–Crippen LogP) is 2.16. The summed E-state index contributed by atoms with van der Waals surface area (Å²) in [6.07, 6.45) is 5.61. The molecule has 0 unspecified atom stereocenters. The number of phenolic OH excluding ortho intramolecular Hbond substituents is 2. The maximum atomic E-state index is 11.9. The fourth-order valence-corrected chi connectivity index (χ4v) is 2.18. The Hall–Kier alpha value is -1.71. The van der Waals surface area contributed by atoms with E-state index >= 15 is 0 Å². The van der Waals surface area contributed by atoms with Gasteiger partial charge in [0.2, 0.25) is 0 Å². The maximum Gasteiger partial charge on any atom is 0.251 e. The Morgan fingerprint density at radius 1 is 1.12 bits per heavy atom. The van der Waals surface area contributed by atoms with Gasteiger partial charge < -0.3 is 15.5 Å². The summed E-state index contributed by atoms with van der Waals surface area (Å²) < 4.78 is 0. The lowest BCUT2D eigenvalue weighted by molar-refractivity contribution is 0.0927. The molecule has 4 heteroatoms. The number of rotatable bonds is 2. The Morgan fingerprint density at radius 2 is 1.82 bits per heavy atom. The lowest BCUT2D eigenvalue weighted by Crippen LogP contribution is -2.36. The first-order valence-corrected chi connectivity index (χ1v) is 5.99. The van der Waals surface area contributed by atoms with Crippen LogP contribution < -0.4 is 5.32 Å². The maximum absolute atomic E-state index is 11.9. The fourth-order valence-electron chi connectivity index (χ4n) is 2.18. The van der Waals surface area contributed by atoms with Gasteiger partial charge in [0, 0.05) is 11.6 Å². The topological polar surface area (TPSA) is 69.6 Å². The summed E-state index contributed by atoms with van der Waals surface area (Å²) >= 11 is 0. The molecular weight excluding hydrogens is 218 g/mol. The van der Waals surface area contributed by atoms with Gasteiger partial charge in [0.15, 0.2) is 11.5 Å². The van der Waals surface area contributed by atoms with Crippen LogP contribution in [-0.2, 0) is 0 Å². The summed E-state index contributed by atoms with van der Waals surface area (Å²) in [6.45, 7) is 0. The van der Waals surface area contributed by atoms with Gasteiger partial charge in [-0.05, 0) is 31.0 Å². The molecule has 17 heavy (non-hydrogen) atoms. The second kappa shape index (κ2) is 5.08. The Labute approximate surface area is 100 Å². The van der Waals surface area contributed by atoms with Crippen molar-refractivity contribution in [3.63, 3.8) is 0 Å². The van der Waals surface area contributed by atoms with Crippen molar-refractivity contribution in [1.29, 1.82) is 0 Å². The second-order valence-corrected chi connectivity index (χ2v) is 4.51. The van der Waals surface area contributed by atoms with E-state index in [4.69, 9.17) is 5.11 Å². The van der Waals surface area contributed by atoms with Gasteiger partial charge in [-0.2, -0.15) is 0 Å². The number of carbonyl (C=O) groups excluding carboxylic acids is 1. The third-order valence-corrected chi connectivity index (χ3v) is 3.18. The molecule has 1 amide bonds. The van der Waals surface area contributed by atoms with Crippen LogP contribution in [0.4, 0.5) is 0 Å². The van der Waals surface area contributed by atoms with Crippen molar-refractivity contribution >= 4 is 5.91 Å². The predicted molar refractivity (Wildman–Crippen MR) is 64.1 cm³/mol. The molecule has 1 saturated carbocycles. The number of carbonyl (C=O) groups is 1. The normalized spacial score (nSPS) is 16.7. The van der Waals surface area contributed by atoms with Crippen molar-refractivity contribution in [3.8, 4) is 11.5 Å². The average Bonchev–Trinajstić information content (AvgIpc) is 2.34. The first kappa shape index (κ1) is 11.8. The summed E-state index contributed by atoms with van der Waals surface area (Å²) in [5, 5.41) is 21.4. The number of hydrogen-bond acceptors (Lipinski definition) is 3. The van der Waals surface area contributed by atoms with Crippen LogP contribution in [0.1, 0.15) is 42.5 Å². The van der Waals surface area contributed by atoms with Crippen LogP contribution >= 0.6 is 0 Å². The highest BCUT2D eigenvalue weighted by molar-refractivity contribution is 5.95. The van der Waals surface area contributed by atoms with Crippen LogP contribution in [0.25, 0.3) is 0 Å². The Balaban J connectivity index is 2.01. The SMILES string of the molecule is O=C(NC1CCCCC1)c1ccc(O)c(O)c1. The van der Waals surface area contributed by atoms with Crippen LogP contribution in [0.5, 0.6) is 11.5 Å². The van der Waals surface area contributed by atoms with Crippen molar-refractivity contribution in [3.05, 3.63) is 23.8 Å². The third kappa shape index (κ3) is 2.90. The summed E-state index contributed by atoms with van der Waals surface area (Å²) in [6, 6.07) is 4.36. The first-order chi connectivity index (χ1) is 8.16. The van der Waals surface area contributed by atoms with Gasteiger partial charge in [-0.3, -0.25) is 4.79 Å². The first-order valence-electron chi connectivity index (χ1n) is 5.99. The summed E-state index contributed by atoms with van der Waals surface area (Å²) in [5.41, 5.74) is 0.380. The second-order valence-electron chi connectivity index (χ2n) is 4.51. The van der Waals surface area contributed by atoms with Crippen LogP contribution in [0.3, 0.4) is 0 Å². The molecular formula is C13H17NO3. The highest BCUT2D eigenvalue weighted by atomic mass is 16.3. The minimum atomic E-state index is -0.263. The Morgan fingerprint density at radius 3 is 2.47 bits per heavy atom. The van der Waals surface area contributed by atoms with Crippen LogP contribution in [0.2, 0.25) is 0 Å². The lowest BCUT2D eigenvalue weighted by Gasteiger charge is -2.22. The molecule has 1 aliphatic rings. The van der Waals surface area contributed by atoms with E-state index in [1.807, 2.05) is 0 Å². The number of benzene rings is 1. The molecule has 1 aromatic rings. The van der Waals surface area contributed by atoms with Crippen LogP contribution in [-0.4, -0.2) is 22.2 Å². The van der Waals surface area contributed by atoms with Crippen molar-refractivity contribution in [2.24, 2.45) is 0 Å². The van der Waals surface area contributed by atoms with Gasteiger partial charge in [-0.1, -0.05) is 19.3 Å². The summed E-state index contributed by atoms with van der Waals surface area (Å²) in [4.78, 5) is 11.9. The van der Waals surface area contributed by atoms with Gasteiger partial charge in [0.1, 0.15) is 0 Å². The zero-order valence-corrected chi connectivity index (χ0v) is 9.65. The van der Waals surface area contributed by atoms with Crippen molar-refractivity contribution in [1.82, 2.24) is 5.32 Å². The molecule has 1 aliphatic carbocycles. The van der Waals surface area contributed by atoms with Crippen LogP contribution in [0.15, 0.2) is 18.2 Å². The standard InChI is InChI=1S/C13H17NO3/c15-11-7-6-9(8-12(11)16)13(17)14-10-4-2-1-3-5-10/h6-8,10,15-16H,1-5H2,(H,14,17). The number of hydrogen-bond donors (Lipinski definition) is 3. The number of nitrogens with one attached hydrogen (secondary N) is 1. The monoisotopic (exact) mass is 235 g/mol. The van der Waals surface area contributed by atoms with Gasteiger partial charge in [0.25, 0.3) is 5.91 Å². The average molecular weight is 235 g/mol. The lowest BCUT2D eigenvalue weighted by atomic mass is 9.95. The molecule has 0 bridgehead atoms. The molecule has 92 valence electrons. The summed E-state index contributed by atoms with van der Waals surface area (Å²) in [7, 11) is 0. The van der Waals surface area contributed by atoms with Gasteiger partial charge in [-0.15, -0.1) is 0 Å². The van der Waals surface area contributed by atoms with E-state index in [2.05, 4.69) is 5.32 Å².